The fraction of sp³-hybridized carbons (Fsp3) is 0.333. The molecule has 0 aliphatic rings. The Morgan fingerprint density at radius 3 is 2.71 bits per heavy atom. The lowest BCUT2D eigenvalue weighted by Crippen LogP contribution is -2.08. The van der Waals surface area contributed by atoms with Gasteiger partial charge in [-0.25, -0.2) is 13.9 Å². The first-order valence-electron chi connectivity index (χ1n) is 6.73. The number of aromatic nitrogens is 2. The maximum absolute atomic E-state index is 13.2. The van der Waals surface area contributed by atoms with E-state index in [0.717, 1.165) is 0 Å². The second kappa shape index (κ2) is 6.39. The highest BCUT2D eigenvalue weighted by molar-refractivity contribution is 5.90. The zero-order valence-corrected chi connectivity index (χ0v) is 12.2. The van der Waals surface area contributed by atoms with Crippen molar-refractivity contribution in [1.29, 1.82) is 0 Å². The van der Waals surface area contributed by atoms with Gasteiger partial charge in [0.05, 0.1) is 25.1 Å². The maximum atomic E-state index is 13.2. The van der Waals surface area contributed by atoms with Crippen molar-refractivity contribution in [2.24, 2.45) is 0 Å². The van der Waals surface area contributed by atoms with Crippen LogP contribution in [0.3, 0.4) is 0 Å². The lowest BCUT2D eigenvalue weighted by atomic mass is 10.2. The molecule has 0 radical (unpaired) electrons. The average Bonchev–Trinajstić information content (AvgIpc) is 2.83. The van der Waals surface area contributed by atoms with Gasteiger partial charge in [-0.2, -0.15) is 5.10 Å². The molecule has 0 spiro atoms. The molecule has 0 saturated heterocycles. The molecular formula is C15H17FN2O3. The fourth-order valence-electron chi connectivity index (χ4n) is 1.96. The summed E-state index contributed by atoms with van der Waals surface area (Å²) in [5, 5.41) is 4.20. The Kier molecular flexibility index (Phi) is 4.57. The quantitative estimate of drug-likeness (QED) is 0.795. The summed E-state index contributed by atoms with van der Waals surface area (Å²) in [6, 6.07) is 4.35. The summed E-state index contributed by atoms with van der Waals surface area (Å²) in [5.41, 5.74) is 1.49. The number of benzene rings is 1. The summed E-state index contributed by atoms with van der Waals surface area (Å²) in [6.45, 7) is 5.96. The molecule has 0 amide bonds. The van der Waals surface area contributed by atoms with E-state index in [4.69, 9.17) is 9.47 Å². The Hall–Kier alpha value is -2.37. The van der Waals surface area contributed by atoms with Crippen LogP contribution in [0.2, 0.25) is 0 Å². The SMILES string of the molecule is CCOC(=O)c1nn(-c2ccc(F)cc2C)cc1OCC. The highest BCUT2D eigenvalue weighted by Gasteiger charge is 2.20. The van der Waals surface area contributed by atoms with Gasteiger partial charge in [0, 0.05) is 0 Å². The lowest BCUT2D eigenvalue weighted by molar-refractivity contribution is 0.0514. The predicted octanol–water partition coefficient (Wildman–Crippen LogP) is 2.90. The highest BCUT2D eigenvalue weighted by atomic mass is 19.1. The van der Waals surface area contributed by atoms with E-state index in [1.165, 1.54) is 16.8 Å². The molecule has 112 valence electrons. The zero-order chi connectivity index (χ0) is 15.4. The van der Waals surface area contributed by atoms with Gasteiger partial charge in [-0.15, -0.1) is 0 Å². The molecule has 0 N–H and O–H groups in total. The van der Waals surface area contributed by atoms with Gasteiger partial charge in [-0.05, 0) is 44.5 Å². The van der Waals surface area contributed by atoms with Crippen molar-refractivity contribution >= 4 is 5.97 Å². The van der Waals surface area contributed by atoms with Crippen LogP contribution in [0.1, 0.15) is 29.9 Å². The van der Waals surface area contributed by atoms with Crippen LogP contribution in [0.25, 0.3) is 5.69 Å². The molecule has 1 heterocycles. The third kappa shape index (κ3) is 3.21. The first-order chi connectivity index (χ1) is 10.1. The number of hydrogen-bond acceptors (Lipinski definition) is 4. The first-order valence-corrected chi connectivity index (χ1v) is 6.73. The molecule has 0 saturated carbocycles. The minimum atomic E-state index is -0.542. The van der Waals surface area contributed by atoms with E-state index in [1.54, 1.807) is 26.1 Å². The highest BCUT2D eigenvalue weighted by Crippen LogP contribution is 2.23. The summed E-state index contributed by atoms with van der Waals surface area (Å²) in [5.74, 6) is -0.516. The van der Waals surface area contributed by atoms with Crippen molar-refractivity contribution in [1.82, 2.24) is 9.78 Å². The van der Waals surface area contributed by atoms with Crippen LogP contribution >= 0.6 is 0 Å². The van der Waals surface area contributed by atoms with E-state index < -0.39 is 5.97 Å². The van der Waals surface area contributed by atoms with E-state index in [0.29, 0.717) is 23.6 Å². The van der Waals surface area contributed by atoms with Crippen LogP contribution in [0.4, 0.5) is 4.39 Å². The second-order valence-corrected chi connectivity index (χ2v) is 4.37. The molecular weight excluding hydrogens is 275 g/mol. The maximum Gasteiger partial charge on any atom is 0.362 e. The average molecular weight is 292 g/mol. The van der Waals surface area contributed by atoms with Gasteiger partial charge in [-0.1, -0.05) is 0 Å². The first kappa shape index (κ1) is 15.0. The van der Waals surface area contributed by atoms with Gasteiger partial charge < -0.3 is 9.47 Å². The van der Waals surface area contributed by atoms with E-state index in [9.17, 15) is 9.18 Å². The molecule has 0 unspecified atom stereocenters. The second-order valence-electron chi connectivity index (χ2n) is 4.37. The molecule has 1 aromatic heterocycles. The van der Waals surface area contributed by atoms with Crippen molar-refractivity contribution in [2.45, 2.75) is 20.8 Å². The summed E-state index contributed by atoms with van der Waals surface area (Å²) in [4.78, 5) is 11.9. The van der Waals surface area contributed by atoms with Crippen molar-refractivity contribution in [3.63, 3.8) is 0 Å². The minimum absolute atomic E-state index is 0.113. The number of aryl methyl sites for hydroxylation is 1. The Morgan fingerprint density at radius 2 is 2.10 bits per heavy atom. The molecule has 21 heavy (non-hydrogen) atoms. The summed E-state index contributed by atoms with van der Waals surface area (Å²) < 4.78 is 25.0. The summed E-state index contributed by atoms with van der Waals surface area (Å²) in [7, 11) is 0. The van der Waals surface area contributed by atoms with Crippen molar-refractivity contribution < 1.29 is 18.7 Å². The van der Waals surface area contributed by atoms with Gasteiger partial charge >= 0.3 is 5.97 Å². The predicted molar refractivity (Wildman–Crippen MR) is 75.4 cm³/mol. The van der Waals surface area contributed by atoms with E-state index in [1.807, 2.05) is 6.92 Å². The van der Waals surface area contributed by atoms with Crippen LogP contribution in [-0.4, -0.2) is 29.0 Å². The molecule has 5 nitrogen and oxygen atoms in total. The normalized spacial score (nSPS) is 10.5. The topological polar surface area (TPSA) is 53.3 Å². The number of esters is 1. The molecule has 0 bridgehead atoms. The van der Waals surface area contributed by atoms with Crippen LogP contribution in [0.5, 0.6) is 5.75 Å². The Balaban J connectivity index is 2.45. The smallest absolute Gasteiger partial charge is 0.362 e. The number of rotatable bonds is 5. The minimum Gasteiger partial charge on any atom is -0.490 e. The van der Waals surface area contributed by atoms with Crippen LogP contribution in [0, 0.1) is 12.7 Å². The molecule has 6 heteroatoms. The largest absolute Gasteiger partial charge is 0.490 e. The van der Waals surface area contributed by atoms with Gasteiger partial charge in [0.25, 0.3) is 0 Å². The summed E-state index contributed by atoms with van der Waals surface area (Å²) >= 11 is 0. The van der Waals surface area contributed by atoms with Gasteiger partial charge in [0.2, 0.25) is 5.69 Å². The van der Waals surface area contributed by atoms with E-state index >= 15 is 0 Å². The zero-order valence-electron chi connectivity index (χ0n) is 12.2. The van der Waals surface area contributed by atoms with Gasteiger partial charge in [-0.3, -0.25) is 0 Å². The molecule has 0 fully saturated rings. The summed E-state index contributed by atoms with van der Waals surface area (Å²) in [6.07, 6.45) is 1.59. The third-order valence-electron chi connectivity index (χ3n) is 2.85. The monoisotopic (exact) mass is 292 g/mol. The molecule has 1 aromatic carbocycles. The Bertz CT molecular complexity index is 652. The fourth-order valence-corrected chi connectivity index (χ4v) is 1.96. The molecule has 0 atom stereocenters. The number of nitrogens with zero attached hydrogens (tertiary/aromatic N) is 2. The van der Waals surface area contributed by atoms with E-state index in [2.05, 4.69) is 5.10 Å². The van der Waals surface area contributed by atoms with Crippen molar-refractivity contribution in [2.75, 3.05) is 13.2 Å². The number of carbonyl (C=O) groups is 1. The third-order valence-corrected chi connectivity index (χ3v) is 2.85. The van der Waals surface area contributed by atoms with Crippen molar-refractivity contribution in [3.05, 3.63) is 41.5 Å². The Labute approximate surface area is 122 Å². The van der Waals surface area contributed by atoms with Crippen LogP contribution < -0.4 is 4.74 Å². The number of ether oxygens (including phenoxy) is 2. The standard InChI is InChI=1S/C15H17FN2O3/c1-4-20-13-9-18(17-14(13)15(19)21-5-2)12-7-6-11(16)8-10(12)3/h6-9H,4-5H2,1-3H3. The van der Waals surface area contributed by atoms with Gasteiger partial charge in [0.1, 0.15) is 5.82 Å². The Morgan fingerprint density at radius 1 is 1.33 bits per heavy atom. The van der Waals surface area contributed by atoms with Gasteiger partial charge in [0.15, 0.2) is 5.75 Å². The number of carbonyl (C=O) groups excluding carboxylic acids is 1. The number of hydrogen-bond donors (Lipinski definition) is 0. The van der Waals surface area contributed by atoms with Crippen LogP contribution in [0.15, 0.2) is 24.4 Å². The molecule has 0 aliphatic heterocycles. The molecule has 0 aliphatic carbocycles. The van der Waals surface area contributed by atoms with Crippen molar-refractivity contribution in [3.8, 4) is 11.4 Å². The number of halogens is 1. The molecule has 2 rings (SSSR count). The molecule has 2 aromatic rings. The lowest BCUT2D eigenvalue weighted by Gasteiger charge is -2.05. The van der Waals surface area contributed by atoms with E-state index in [-0.39, 0.29) is 18.1 Å². The van der Waals surface area contributed by atoms with Crippen LogP contribution in [-0.2, 0) is 4.74 Å².